The molecule has 0 saturated carbocycles. The smallest absolute Gasteiger partial charge is 0.162 e. The van der Waals surface area contributed by atoms with Crippen LogP contribution >= 0.6 is 27.5 Å². The fourth-order valence-corrected chi connectivity index (χ4v) is 2.29. The number of hydrogen-bond acceptors (Lipinski definition) is 3. The highest BCUT2D eigenvalue weighted by Gasteiger charge is 2.09. The summed E-state index contributed by atoms with van der Waals surface area (Å²) in [5, 5.41) is 1.46. The van der Waals surface area contributed by atoms with Gasteiger partial charge in [0, 0.05) is 11.5 Å². The van der Waals surface area contributed by atoms with Crippen LogP contribution in [0.15, 0.2) is 22.8 Å². The molecule has 1 heterocycles. The first-order valence-electron chi connectivity index (χ1n) is 4.53. The summed E-state index contributed by atoms with van der Waals surface area (Å²) in [4.78, 5) is 4.32. The van der Waals surface area contributed by atoms with Crippen molar-refractivity contribution < 1.29 is 9.47 Å². The Morgan fingerprint density at radius 3 is 2.38 bits per heavy atom. The van der Waals surface area contributed by atoms with Gasteiger partial charge in [-0.05, 0) is 28.1 Å². The largest absolute Gasteiger partial charge is 0.493 e. The molecule has 0 radical (unpaired) electrons. The maximum absolute atomic E-state index is 6.12. The summed E-state index contributed by atoms with van der Waals surface area (Å²) in [6.07, 6.45) is 0. The van der Waals surface area contributed by atoms with Crippen LogP contribution in [-0.4, -0.2) is 19.2 Å². The molecule has 0 unspecified atom stereocenters. The molecule has 0 saturated heterocycles. The molecule has 5 heteroatoms. The number of benzene rings is 1. The summed E-state index contributed by atoms with van der Waals surface area (Å²) < 4.78 is 11.1. The van der Waals surface area contributed by atoms with Crippen molar-refractivity contribution >= 4 is 38.4 Å². The van der Waals surface area contributed by atoms with Gasteiger partial charge in [-0.2, -0.15) is 0 Å². The number of hydrogen-bond donors (Lipinski definition) is 0. The lowest BCUT2D eigenvalue weighted by Gasteiger charge is -2.09. The van der Waals surface area contributed by atoms with Crippen molar-refractivity contribution in [3.63, 3.8) is 0 Å². The molecule has 2 aromatic rings. The van der Waals surface area contributed by atoms with E-state index in [4.69, 9.17) is 21.1 Å². The summed E-state index contributed by atoms with van der Waals surface area (Å²) in [5.41, 5.74) is 0.761. The van der Waals surface area contributed by atoms with Crippen molar-refractivity contribution in [2.24, 2.45) is 0 Å². The van der Waals surface area contributed by atoms with Gasteiger partial charge < -0.3 is 9.47 Å². The van der Waals surface area contributed by atoms with E-state index in [2.05, 4.69) is 20.9 Å². The average Bonchev–Trinajstić information content (AvgIpc) is 2.27. The normalized spacial score (nSPS) is 10.5. The van der Waals surface area contributed by atoms with Gasteiger partial charge >= 0.3 is 0 Å². The second-order valence-corrected chi connectivity index (χ2v) is 4.37. The molecule has 1 aromatic carbocycles. The molecule has 1 aromatic heterocycles. The SMILES string of the molecule is COc1cc2nc(Br)cc(Cl)c2cc1OC. The Kier molecular flexibility index (Phi) is 3.21. The molecule has 2 rings (SSSR count). The fourth-order valence-electron chi connectivity index (χ4n) is 1.48. The summed E-state index contributed by atoms with van der Waals surface area (Å²) >= 11 is 9.42. The molecule has 0 atom stereocenters. The Morgan fingerprint density at radius 1 is 1.12 bits per heavy atom. The highest BCUT2D eigenvalue weighted by molar-refractivity contribution is 9.10. The van der Waals surface area contributed by atoms with E-state index in [1.54, 1.807) is 26.4 Å². The molecule has 3 nitrogen and oxygen atoms in total. The number of halogens is 2. The number of nitrogens with zero attached hydrogens (tertiary/aromatic N) is 1. The first-order chi connectivity index (χ1) is 7.65. The van der Waals surface area contributed by atoms with Crippen molar-refractivity contribution in [2.45, 2.75) is 0 Å². The van der Waals surface area contributed by atoms with E-state index >= 15 is 0 Å². The second-order valence-electron chi connectivity index (χ2n) is 3.15. The van der Waals surface area contributed by atoms with E-state index in [-0.39, 0.29) is 0 Å². The Hall–Kier alpha value is -1.00. The van der Waals surface area contributed by atoms with Crippen LogP contribution in [-0.2, 0) is 0 Å². The zero-order valence-corrected chi connectivity index (χ0v) is 11.1. The maximum atomic E-state index is 6.12. The average molecular weight is 303 g/mol. The van der Waals surface area contributed by atoms with Gasteiger partial charge in [0.1, 0.15) is 4.60 Å². The van der Waals surface area contributed by atoms with Gasteiger partial charge in [0.15, 0.2) is 11.5 Å². The second kappa shape index (κ2) is 4.47. The summed E-state index contributed by atoms with van der Waals surface area (Å²) in [5.74, 6) is 1.28. The molecular weight excluding hydrogens is 293 g/mol. The lowest BCUT2D eigenvalue weighted by atomic mass is 10.2. The molecule has 0 aliphatic carbocycles. The molecule has 16 heavy (non-hydrogen) atoms. The maximum Gasteiger partial charge on any atom is 0.162 e. The van der Waals surface area contributed by atoms with Gasteiger partial charge in [-0.25, -0.2) is 4.98 Å². The number of aromatic nitrogens is 1. The monoisotopic (exact) mass is 301 g/mol. The van der Waals surface area contributed by atoms with Crippen LogP contribution in [0.4, 0.5) is 0 Å². The number of ether oxygens (including phenoxy) is 2. The minimum absolute atomic E-state index is 0.623. The molecule has 84 valence electrons. The van der Waals surface area contributed by atoms with Crippen LogP contribution in [0.2, 0.25) is 5.02 Å². The first kappa shape index (κ1) is 11.5. The minimum Gasteiger partial charge on any atom is -0.493 e. The summed E-state index contributed by atoms with van der Waals surface area (Å²) in [7, 11) is 3.17. The van der Waals surface area contributed by atoms with E-state index < -0.39 is 0 Å². The van der Waals surface area contributed by atoms with Crippen LogP contribution in [0.1, 0.15) is 0 Å². The quantitative estimate of drug-likeness (QED) is 0.793. The molecule has 0 bridgehead atoms. The minimum atomic E-state index is 0.623. The predicted molar refractivity (Wildman–Crippen MR) is 67.6 cm³/mol. The molecule has 0 fully saturated rings. The predicted octanol–water partition coefficient (Wildman–Crippen LogP) is 3.67. The van der Waals surface area contributed by atoms with Crippen LogP contribution in [0.5, 0.6) is 11.5 Å². The highest BCUT2D eigenvalue weighted by Crippen LogP contribution is 2.35. The van der Waals surface area contributed by atoms with Crippen LogP contribution < -0.4 is 9.47 Å². The third-order valence-corrected chi connectivity index (χ3v) is 2.95. The van der Waals surface area contributed by atoms with Crippen molar-refractivity contribution in [1.82, 2.24) is 4.98 Å². The highest BCUT2D eigenvalue weighted by atomic mass is 79.9. The van der Waals surface area contributed by atoms with Crippen molar-refractivity contribution in [3.05, 3.63) is 27.8 Å². The van der Waals surface area contributed by atoms with E-state index in [1.807, 2.05) is 6.07 Å². The van der Waals surface area contributed by atoms with Crippen LogP contribution in [0.25, 0.3) is 10.9 Å². The summed E-state index contributed by atoms with van der Waals surface area (Å²) in [6, 6.07) is 5.36. The van der Waals surface area contributed by atoms with E-state index in [9.17, 15) is 0 Å². The van der Waals surface area contributed by atoms with Gasteiger partial charge in [-0.3, -0.25) is 0 Å². The fraction of sp³-hybridized carbons (Fsp3) is 0.182. The Morgan fingerprint density at radius 2 is 1.75 bits per heavy atom. The molecule has 0 aliphatic heterocycles. The molecule has 0 spiro atoms. The van der Waals surface area contributed by atoms with Gasteiger partial charge in [0.25, 0.3) is 0 Å². The lowest BCUT2D eigenvalue weighted by Crippen LogP contribution is -1.92. The number of fused-ring (bicyclic) bond motifs is 1. The van der Waals surface area contributed by atoms with E-state index in [0.717, 1.165) is 10.9 Å². The van der Waals surface area contributed by atoms with Crippen molar-refractivity contribution in [1.29, 1.82) is 0 Å². The Labute approximate surface area is 106 Å². The van der Waals surface area contributed by atoms with Crippen LogP contribution in [0.3, 0.4) is 0 Å². The molecule has 0 amide bonds. The van der Waals surface area contributed by atoms with Crippen LogP contribution in [0, 0.1) is 0 Å². The lowest BCUT2D eigenvalue weighted by molar-refractivity contribution is 0.356. The molecule has 0 aliphatic rings. The Bertz CT molecular complexity index is 545. The summed E-state index contributed by atoms with van der Waals surface area (Å²) in [6.45, 7) is 0. The molecular formula is C11H9BrClNO2. The van der Waals surface area contributed by atoms with E-state index in [0.29, 0.717) is 21.1 Å². The Balaban J connectivity index is 2.78. The van der Waals surface area contributed by atoms with Gasteiger partial charge in [-0.1, -0.05) is 11.6 Å². The standard InChI is InChI=1S/C11H9BrClNO2/c1-15-9-3-6-7(13)4-11(12)14-8(6)5-10(9)16-2/h3-5H,1-2H3. The number of methoxy groups -OCH3 is 2. The van der Waals surface area contributed by atoms with E-state index in [1.165, 1.54) is 0 Å². The van der Waals surface area contributed by atoms with Gasteiger partial charge in [-0.15, -0.1) is 0 Å². The number of pyridine rings is 1. The van der Waals surface area contributed by atoms with Gasteiger partial charge in [0.2, 0.25) is 0 Å². The third kappa shape index (κ3) is 1.95. The molecule has 0 N–H and O–H groups in total. The number of rotatable bonds is 2. The zero-order chi connectivity index (χ0) is 11.7. The topological polar surface area (TPSA) is 31.4 Å². The van der Waals surface area contributed by atoms with Crippen molar-refractivity contribution in [3.8, 4) is 11.5 Å². The third-order valence-electron chi connectivity index (χ3n) is 2.23. The zero-order valence-electron chi connectivity index (χ0n) is 8.75. The first-order valence-corrected chi connectivity index (χ1v) is 5.70. The van der Waals surface area contributed by atoms with Gasteiger partial charge in [0.05, 0.1) is 24.8 Å². The van der Waals surface area contributed by atoms with Crippen molar-refractivity contribution in [2.75, 3.05) is 14.2 Å².